The van der Waals surface area contributed by atoms with Crippen LogP contribution >= 0.6 is 0 Å². The van der Waals surface area contributed by atoms with E-state index in [0.717, 1.165) is 0 Å². The van der Waals surface area contributed by atoms with Crippen LogP contribution < -0.4 is 4.74 Å². The molecule has 1 fully saturated rings. The molecule has 1 aromatic rings. The van der Waals surface area contributed by atoms with Gasteiger partial charge >= 0.3 is 6.09 Å². The minimum Gasteiger partial charge on any atom is -0.485 e. The fourth-order valence-electron chi connectivity index (χ4n) is 2.49. The van der Waals surface area contributed by atoms with Crippen LogP contribution in [-0.4, -0.2) is 33.7 Å². The number of hydrogen-bond acceptors (Lipinski definition) is 3. The van der Waals surface area contributed by atoms with Gasteiger partial charge in [-0.2, -0.15) is 0 Å². The van der Waals surface area contributed by atoms with Gasteiger partial charge in [0.2, 0.25) is 0 Å². The zero-order chi connectivity index (χ0) is 12.2. The number of aryl methyl sites for hydroxylation is 1. The van der Waals surface area contributed by atoms with Crippen molar-refractivity contribution in [3.8, 4) is 5.75 Å². The summed E-state index contributed by atoms with van der Waals surface area (Å²) in [5.41, 5.74) is 0.802. The van der Waals surface area contributed by atoms with Crippen LogP contribution in [0.25, 0.3) is 0 Å². The first-order valence-electron chi connectivity index (χ1n) is 5.39. The molecule has 1 amide bonds. The third-order valence-electron chi connectivity index (χ3n) is 3.33. The van der Waals surface area contributed by atoms with Gasteiger partial charge in [-0.25, -0.2) is 9.18 Å². The fraction of sp³-hybridized carbons (Fsp3) is 0.455. The number of ether oxygens (including phenoxy) is 1. The number of carbonyl (C=O) groups is 1. The van der Waals surface area contributed by atoms with Crippen molar-refractivity contribution in [2.75, 3.05) is 6.54 Å². The number of pyridine rings is 1. The molecule has 2 atom stereocenters. The van der Waals surface area contributed by atoms with Crippen LogP contribution in [0.4, 0.5) is 9.18 Å². The summed E-state index contributed by atoms with van der Waals surface area (Å²) in [6.07, 6.45) is 0.828. The molecule has 0 aliphatic carbocycles. The monoisotopic (exact) mass is 238 g/mol. The van der Waals surface area contributed by atoms with E-state index in [9.17, 15) is 9.18 Å². The molecule has 6 heteroatoms. The van der Waals surface area contributed by atoms with Gasteiger partial charge in [0.1, 0.15) is 6.10 Å². The number of aromatic nitrogens is 1. The van der Waals surface area contributed by atoms with Gasteiger partial charge in [-0.3, -0.25) is 9.88 Å². The van der Waals surface area contributed by atoms with E-state index in [1.807, 2.05) is 0 Å². The Balaban J connectivity index is 2.11. The molecule has 1 saturated heterocycles. The van der Waals surface area contributed by atoms with E-state index in [-0.39, 0.29) is 30.1 Å². The number of nitrogens with zero attached hydrogens (tertiary/aromatic N) is 2. The number of rotatable bonds is 0. The molecule has 3 heterocycles. The number of hydrogen-bond donors (Lipinski definition) is 1. The molecule has 0 spiro atoms. The number of fused-ring (bicyclic) bond motifs is 4. The maximum atomic E-state index is 13.8. The molecule has 0 unspecified atom stereocenters. The highest BCUT2D eigenvalue weighted by molar-refractivity contribution is 5.67. The first-order chi connectivity index (χ1) is 8.08. The third-order valence-corrected chi connectivity index (χ3v) is 3.33. The van der Waals surface area contributed by atoms with E-state index in [1.54, 1.807) is 6.92 Å². The average molecular weight is 238 g/mol. The Morgan fingerprint density at radius 2 is 2.47 bits per heavy atom. The number of likely N-dealkylation sites (tertiary alicyclic amines) is 1. The van der Waals surface area contributed by atoms with Gasteiger partial charge in [0.15, 0.2) is 11.6 Å². The molecule has 0 radical (unpaired) electrons. The average Bonchev–Trinajstić information content (AvgIpc) is 2.63. The highest BCUT2D eigenvalue weighted by Gasteiger charge is 2.44. The molecular formula is C11H11FN2O3. The third kappa shape index (κ3) is 1.36. The Bertz CT molecular complexity index is 506. The minimum atomic E-state index is -1.00. The second-order valence-electron chi connectivity index (χ2n) is 4.37. The van der Waals surface area contributed by atoms with Crippen LogP contribution in [0, 0.1) is 12.7 Å². The SMILES string of the molecule is Cc1ncc2c(c1F)O[C@H]1C[C@@H]2N(C(=O)O)C1. The van der Waals surface area contributed by atoms with Gasteiger partial charge in [-0.15, -0.1) is 0 Å². The van der Waals surface area contributed by atoms with Crippen molar-refractivity contribution in [3.05, 3.63) is 23.3 Å². The lowest BCUT2D eigenvalue weighted by atomic mass is 10.0. The Morgan fingerprint density at radius 3 is 3.18 bits per heavy atom. The van der Waals surface area contributed by atoms with E-state index in [1.165, 1.54) is 11.1 Å². The lowest BCUT2D eigenvalue weighted by molar-refractivity contribution is 0.139. The zero-order valence-electron chi connectivity index (χ0n) is 9.18. The predicted octanol–water partition coefficient (Wildman–Crippen LogP) is 1.71. The van der Waals surface area contributed by atoms with Crippen molar-refractivity contribution in [1.29, 1.82) is 0 Å². The van der Waals surface area contributed by atoms with Crippen molar-refractivity contribution < 1.29 is 19.0 Å². The topological polar surface area (TPSA) is 62.7 Å². The van der Waals surface area contributed by atoms with Crippen molar-refractivity contribution in [3.63, 3.8) is 0 Å². The van der Waals surface area contributed by atoms with Crippen molar-refractivity contribution in [2.45, 2.75) is 25.5 Å². The highest BCUT2D eigenvalue weighted by atomic mass is 19.1. The summed E-state index contributed by atoms with van der Waals surface area (Å²) in [7, 11) is 0. The molecule has 2 aliphatic heterocycles. The minimum absolute atomic E-state index is 0.169. The summed E-state index contributed by atoms with van der Waals surface area (Å²) in [5, 5.41) is 9.07. The zero-order valence-corrected chi connectivity index (χ0v) is 9.18. The van der Waals surface area contributed by atoms with E-state index in [2.05, 4.69) is 4.98 Å². The van der Waals surface area contributed by atoms with Crippen LogP contribution in [0.3, 0.4) is 0 Å². The number of carboxylic acid groups (broad SMARTS) is 1. The Kier molecular flexibility index (Phi) is 2.01. The first-order valence-corrected chi connectivity index (χ1v) is 5.39. The van der Waals surface area contributed by atoms with Gasteiger partial charge in [0, 0.05) is 18.2 Å². The van der Waals surface area contributed by atoms with Crippen LogP contribution in [0.1, 0.15) is 23.7 Å². The normalized spacial score (nSPS) is 25.4. The van der Waals surface area contributed by atoms with Gasteiger partial charge in [0.25, 0.3) is 0 Å². The summed E-state index contributed by atoms with van der Waals surface area (Å²) < 4.78 is 19.3. The molecule has 3 rings (SSSR count). The maximum Gasteiger partial charge on any atom is 0.407 e. The van der Waals surface area contributed by atoms with Crippen molar-refractivity contribution in [1.82, 2.24) is 9.88 Å². The van der Waals surface area contributed by atoms with E-state index < -0.39 is 11.9 Å². The molecule has 1 aromatic heterocycles. The lowest BCUT2D eigenvalue weighted by Crippen LogP contribution is -2.29. The van der Waals surface area contributed by atoms with Gasteiger partial charge in [-0.1, -0.05) is 0 Å². The summed E-state index contributed by atoms with van der Waals surface area (Å²) in [6.45, 7) is 1.84. The quantitative estimate of drug-likeness (QED) is 0.747. The van der Waals surface area contributed by atoms with E-state index in [0.29, 0.717) is 12.0 Å². The molecule has 1 N–H and O–H groups in total. The lowest BCUT2D eigenvalue weighted by Gasteiger charge is -2.25. The van der Waals surface area contributed by atoms with Crippen molar-refractivity contribution in [2.24, 2.45) is 0 Å². The molecule has 5 nitrogen and oxygen atoms in total. The van der Waals surface area contributed by atoms with Crippen LogP contribution in [0.2, 0.25) is 0 Å². The maximum absolute atomic E-state index is 13.8. The Morgan fingerprint density at radius 1 is 1.71 bits per heavy atom. The van der Waals surface area contributed by atoms with Gasteiger partial charge in [-0.05, 0) is 6.92 Å². The molecule has 2 aliphatic rings. The molecule has 2 bridgehead atoms. The van der Waals surface area contributed by atoms with Crippen LogP contribution in [-0.2, 0) is 0 Å². The molecular weight excluding hydrogens is 227 g/mol. The van der Waals surface area contributed by atoms with Crippen LogP contribution in [0.5, 0.6) is 5.75 Å². The van der Waals surface area contributed by atoms with Crippen LogP contribution in [0.15, 0.2) is 6.20 Å². The molecule has 90 valence electrons. The Hall–Kier alpha value is -1.85. The fourth-order valence-corrected chi connectivity index (χ4v) is 2.49. The largest absolute Gasteiger partial charge is 0.485 e. The standard InChI is InChI=1S/C11H11FN2O3/c1-5-9(12)10-7(3-13-5)8-2-6(17-10)4-14(8)11(15)16/h3,6,8H,2,4H2,1H3,(H,15,16)/t6-,8-/m0/s1. The summed E-state index contributed by atoms with van der Waals surface area (Å²) in [5.74, 6) is -0.313. The summed E-state index contributed by atoms with van der Waals surface area (Å²) in [6, 6.07) is -0.330. The van der Waals surface area contributed by atoms with Crippen molar-refractivity contribution >= 4 is 6.09 Å². The number of amides is 1. The molecule has 0 aromatic carbocycles. The molecule has 0 saturated carbocycles. The highest BCUT2D eigenvalue weighted by Crippen LogP contribution is 2.44. The Labute approximate surface area is 96.8 Å². The summed E-state index contributed by atoms with van der Waals surface area (Å²) in [4.78, 5) is 16.3. The second-order valence-corrected chi connectivity index (χ2v) is 4.37. The van der Waals surface area contributed by atoms with E-state index >= 15 is 0 Å². The van der Waals surface area contributed by atoms with Gasteiger partial charge < -0.3 is 9.84 Å². The first kappa shape index (κ1) is 10.3. The summed E-state index contributed by atoms with van der Waals surface area (Å²) >= 11 is 0. The van der Waals surface area contributed by atoms with Gasteiger partial charge in [0.05, 0.1) is 18.3 Å². The molecule has 17 heavy (non-hydrogen) atoms. The number of halogens is 1. The second kappa shape index (κ2) is 3.32. The smallest absolute Gasteiger partial charge is 0.407 e. The van der Waals surface area contributed by atoms with E-state index in [4.69, 9.17) is 9.84 Å². The predicted molar refractivity (Wildman–Crippen MR) is 55.4 cm³/mol.